The van der Waals surface area contributed by atoms with Gasteiger partial charge in [-0.1, -0.05) is 12.2 Å². The number of hydrogen-bond acceptors (Lipinski definition) is 2. The van der Waals surface area contributed by atoms with E-state index in [1.54, 1.807) is 25.3 Å². The summed E-state index contributed by atoms with van der Waals surface area (Å²) in [5.74, 6) is -0.872. The zero-order valence-corrected chi connectivity index (χ0v) is 7.78. The quantitative estimate of drug-likeness (QED) is 0.757. The molecule has 0 amide bonds. The summed E-state index contributed by atoms with van der Waals surface area (Å²) in [5, 5.41) is 8.40. The molecule has 0 saturated carbocycles. The highest BCUT2D eigenvalue weighted by Gasteiger charge is 1.95. The Balaban J connectivity index is 2.82. The number of aliphatic carboxylic acids is 1. The van der Waals surface area contributed by atoms with Gasteiger partial charge in [0.25, 0.3) is 0 Å². The summed E-state index contributed by atoms with van der Waals surface area (Å²) in [5.41, 5.74) is 1.50. The Bertz CT molecular complexity index is 418. The minimum Gasteiger partial charge on any atom is -0.481 e. The lowest BCUT2D eigenvalue weighted by molar-refractivity contribution is -0.135. The van der Waals surface area contributed by atoms with Gasteiger partial charge in [0.05, 0.1) is 6.42 Å². The van der Waals surface area contributed by atoms with Gasteiger partial charge >= 0.3 is 5.97 Å². The number of pyridine rings is 1. The second kappa shape index (κ2) is 4.41. The molecule has 0 aliphatic carbocycles. The highest BCUT2D eigenvalue weighted by Crippen LogP contribution is 2.05. The lowest BCUT2D eigenvalue weighted by Gasteiger charge is -1.97. The molecule has 1 rings (SSSR count). The van der Waals surface area contributed by atoms with Gasteiger partial charge in [0.15, 0.2) is 0 Å². The Morgan fingerprint density at radius 2 is 2.36 bits per heavy atom. The van der Waals surface area contributed by atoms with Crippen LogP contribution >= 0.6 is 0 Å². The molecular weight excluding hydrogens is 182 g/mol. The Hall–Kier alpha value is -1.84. The Morgan fingerprint density at radius 3 is 2.93 bits per heavy atom. The van der Waals surface area contributed by atoms with Crippen molar-refractivity contribution in [1.82, 2.24) is 4.98 Å². The van der Waals surface area contributed by atoms with E-state index in [0.717, 1.165) is 11.1 Å². The summed E-state index contributed by atoms with van der Waals surface area (Å²) in [7, 11) is 0. The van der Waals surface area contributed by atoms with Gasteiger partial charge < -0.3 is 10.1 Å². The molecule has 0 radical (unpaired) electrons. The minimum atomic E-state index is -0.872. The molecule has 4 nitrogen and oxygen atoms in total. The van der Waals surface area contributed by atoms with Crippen molar-refractivity contribution < 1.29 is 9.90 Å². The van der Waals surface area contributed by atoms with E-state index in [-0.39, 0.29) is 12.0 Å². The van der Waals surface area contributed by atoms with Gasteiger partial charge in [0, 0.05) is 12.3 Å². The molecule has 74 valence electrons. The standard InChI is InChI=1S/C10H11NO3/c1-7-5-9(12)11-6-8(7)3-2-4-10(13)14/h2-3,5-6H,4H2,1H3,(H,11,12)(H,13,14). The molecule has 0 bridgehead atoms. The van der Waals surface area contributed by atoms with Gasteiger partial charge in [-0.15, -0.1) is 0 Å². The average Bonchev–Trinajstić information content (AvgIpc) is 2.08. The summed E-state index contributed by atoms with van der Waals surface area (Å²) in [6, 6.07) is 1.47. The summed E-state index contributed by atoms with van der Waals surface area (Å²) in [6.07, 6.45) is 4.77. The van der Waals surface area contributed by atoms with Crippen LogP contribution in [-0.4, -0.2) is 16.1 Å². The van der Waals surface area contributed by atoms with Gasteiger partial charge in [-0.05, 0) is 18.1 Å². The Kier molecular flexibility index (Phi) is 3.23. The number of H-pyrrole nitrogens is 1. The predicted octanol–water partition coefficient (Wildman–Crippen LogP) is 1.17. The van der Waals surface area contributed by atoms with Crippen molar-refractivity contribution in [3.05, 3.63) is 39.8 Å². The zero-order valence-electron chi connectivity index (χ0n) is 7.78. The number of carboxylic acids is 1. The second-order valence-corrected chi connectivity index (χ2v) is 2.94. The molecule has 0 spiro atoms. The van der Waals surface area contributed by atoms with Crippen LogP contribution in [0.25, 0.3) is 6.08 Å². The number of carboxylic acid groups (broad SMARTS) is 1. The molecule has 1 heterocycles. The fraction of sp³-hybridized carbons (Fsp3) is 0.200. The molecule has 14 heavy (non-hydrogen) atoms. The van der Waals surface area contributed by atoms with E-state index in [0.29, 0.717) is 0 Å². The number of aromatic nitrogens is 1. The smallest absolute Gasteiger partial charge is 0.307 e. The van der Waals surface area contributed by atoms with Crippen molar-refractivity contribution in [3.63, 3.8) is 0 Å². The van der Waals surface area contributed by atoms with E-state index in [9.17, 15) is 9.59 Å². The van der Waals surface area contributed by atoms with Crippen LogP contribution in [0.3, 0.4) is 0 Å². The molecule has 0 fully saturated rings. The van der Waals surface area contributed by atoms with Crippen LogP contribution in [0.2, 0.25) is 0 Å². The topological polar surface area (TPSA) is 70.2 Å². The lowest BCUT2D eigenvalue weighted by atomic mass is 10.1. The first kappa shape index (κ1) is 10.2. The van der Waals surface area contributed by atoms with E-state index >= 15 is 0 Å². The first-order valence-corrected chi connectivity index (χ1v) is 4.17. The van der Waals surface area contributed by atoms with Crippen LogP contribution in [0.5, 0.6) is 0 Å². The maximum absolute atomic E-state index is 10.9. The van der Waals surface area contributed by atoms with Crippen LogP contribution in [0, 0.1) is 6.92 Å². The molecule has 0 atom stereocenters. The van der Waals surface area contributed by atoms with E-state index in [1.165, 1.54) is 6.07 Å². The van der Waals surface area contributed by atoms with Crippen LogP contribution in [-0.2, 0) is 4.79 Å². The van der Waals surface area contributed by atoms with E-state index in [2.05, 4.69) is 4.98 Å². The molecule has 0 aromatic carbocycles. The third kappa shape index (κ3) is 2.90. The normalized spacial score (nSPS) is 10.6. The average molecular weight is 193 g/mol. The van der Waals surface area contributed by atoms with Crippen LogP contribution < -0.4 is 5.56 Å². The largest absolute Gasteiger partial charge is 0.481 e. The number of carbonyl (C=O) groups is 1. The number of aryl methyl sites for hydroxylation is 1. The molecule has 0 aliphatic heterocycles. The first-order valence-electron chi connectivity index (χ1n) is 4.17. The number of aromatic amines is 1. The molecule has 1 aromatic rings. The maximum atomic E-state index is 10.9. The lowest BCUT2D eigenvalue weighted by Crippen LogP contribution is -2.04. The van der Waals surface area contributed by atoms with Crippen molar-refractivity contribution in [3.8, 4) is 0 Å². The first-order chi connectivity index (χ1) is 6.59. The third-order valence-corrected chi connectivity index (χ3v) is 1.76. The van der Waals surface area contributed by atoms with Crippen LogP contribution in [0.15, 0.2) is 23.1 Å². The highest BCUT2D eigenvalue weighted by molar-refractivity contribution is 5.70. The fourth-order valence-electron chi connectivity index (χ4n) is 1.05. The Labute approximate surface area is 80.9 Å². The summed E-state index contributed by atoms with van der Waals surface area (Å²) in [4.78, 5) is 23.6. The van der Waals surface area contributed by atoms with E-state index < -0.39 is 5.97 Å². The molecule has 1 aromatic heterocycles. The number of nitrogens with one attached hydrogen (secondary N) is 1. The van der Waals surface area contributed by atoms with Gasteiger partial charge in [0.2, 0.25) is 5.56 Å². The molecule has 4 heteroatoms. The van der Waals surface area contributed by atoms with E-state index in [1.807, 2.05) is 0 Å². The molecule has 0 unspecified atom stereocenters. The summed E-state index contributed by atoms with van der Waals surface area (Å²) >= 11 is 0. The van der Waals surface area contributed by atoms with Gasteiger partial charge in [-0.25, -0.2) is 0 Å². The van der Waals surface area contributed by atoms with Gasteiger partial charge in [0.1, 0.15) is 0 Å². The van der Waals surface area contributed by atoms with Crippen molar-refractivity contribution in [2.75, 3.05) is 0 Å². The third-order valence-electron chi connectivity index (χ3n) is 1.76. The van der Waals surface area contributed by atoms with E-state index in [4.69, 9.17) is 5.11 Å². The maximum Gasteiger partial charge on any atom is 0.307 e. The van der Waals surface area contributed by atoms with Crippen molar-refractivity contribution >= 4 is 12.0 Å². The van der Waals surface area contributed by atoms with Crippen LogP contribution in [0.4, 0.5) is 0 Å². The number of rotatable bonds is 3. The molecule has 0 saturated heterocycles. The number of hydrogen-bond donors (Lipinski definition) is 2. The van der Waals surface area contributed by atoms with Gasteiger partial charge in [-0.2, -0.15) is 0 Å². The summed E-state index contributed by atoms with van der Waals surface area (Å²) < 4.78 is 0. The monoisotopic (exact) mass is 193 g/mol. The summed E-state index contributed by atoms with van der Waals surface area (Å²) in [6.45, 7) is 1.80. The molecule has 0 aliphatic rings. The predicted molar refractivity (Wildman–Crippen MR) is 53.1 cm³/mol. The van der Waals surface area contributed by atoms with Crippen molar-refractivity contribution in [2.45, 2.75) is 13.3 Å². The van der Waals surface area contributed by atoms with Crippen molar-refractivity contribution in [2.24, 2.45) is 0 Å². The zero-order chi connectivity index (χ0) is 10.6. The Morgan fingerprint density at radius 1 is 1.64 bits per heavy atom. The van der Waals surface area contributed by atoms with Crippen molar-refractivity contribution in [1.29, 1.82) is 0 Å². The minimum absolute atomic E-state index is 0.0153. The molecular formula is C10H11NO3. The van der Waals surface area contributed by atoms with Crippen LogP contribution in [0.1, 0.15) is 17.5 Å². The molecule has 2 N–H and O–H groups in total. The second-order valence-electron chi connectivity index (χ2n) is 2.94. The highest BCUT2D eigenvalue weighted by atomic mass is 16.4. The fourth-order valence-corrected chi connectivity index (χ4v) is 1.05. The van der Waals surface area contributed by atoms with Gasteiger partial charge in [-0.3, -0.25) is 9.59 Å². The SMILES string of the molecule is Cc1cc(=O)[nH]cc1C=CCC(=O)O.